The molecule has 122 valence electrons. The molecule has 1 aromatic heterocycles. The van der Waals surface area contributed by atoms with Crippen molar-refractivity contribution in [3.05, 3.63) is 47.2 Å². The molecule has 23 heavy (non-hydrogen) atoms. The molecule has 0 fully saturated rings. The number of nitrogens with one attached hydrogen (secondary N) is 1. The molecule has 0 aliphatic rings. The third-order valence-corrected chi connectivity index (χ3v) is 3.46. The molecule has 0 bridgehead atoms. The standard InChI is InChI=1S/C16H18ClN3O3/c1-10(2)6-14(16(22)23)19-15(21)11-8-18-20(9-11)13-5-3-4-12(17)7-13/h3-5,7-10,14H,6H2,1-2H3,(H,19,21)(H,22,23)/t14-/m0/s1. The first-order valence-electron chi connectivity index (χ1n) is 7.21. The van der Waals surface area contributed by atoms with Crippen LogP contribution in [0.4, 0.5) is 0 Å². The summed E-state index contributed by atoms with van der Waals surface area (Å²) in [6.07, 6.45) is 3.29. The van der Waals surface area contributed by atoms with E-state index in [0.717, 1.165) is 0 Å². The number of nitrogens with zero attached hydrogens (tertiary/aromatic N) is 2. The molecule has 2 aromatic rings. The molecule has 0 aliphatic heterocycles. The highest BCUT2D eigenvalue weighted by Crippen LogP contribution is 2.15. The van der Waals surface area contributed by atoms with E-state index in [1.165, 1.54) is 17.1 Å². The largest absolute Gasteiger partial charge is 0.480 e. The molecule has 1 aromatic carbocycles. The minimum atomic E-state index is -1.05. The van der Waals surface area contributed by atoms with Crippen LogP contribution in [0.25, 0.3) is 5.69 Å². The van der Waals surface area contributed by atoms with Crippen molar-refractivity contribution in [3.63, 3.8) is 0 Å². The molecule has 0 saturated carbocycles. The van der Waals surface area contributed by atoms with Gasteiger partial charge >= 0.3 is 5.97 Å². The van der Waals surface area contributed by atoms with E-state index in [9.17, 15) is 14.7 Å². The Kier molecular flexibility index (Phi) is 5.39. The van der Waals surface area contributed by atoms with Crippen molar-refractivity contribution < 1.29 is 14.7 Å². The lowest BCUT2D eigenvalue weighted by atomic mass is 10.0. The number of carboxylic acid groups (broad SMARTS) is 1. The van der Waals surface area contributed by atoms with Gasteiger partial charge in [-0.05, 0) is 30.5 Å². The van der Waals surface area contributed by atoms with Gasteiger partial charge in [0, 0.05) is 11.2 Å². The maximum Gasteiger partial charge on any atom is 0.326 e. The van der Waals surface area contributed by atoms with Crippen molar-refractivity contribution in [2.24, 2.45) is 5.92 Å². The Morgan fingerprint density at radius 2 is 2.13 bits per heavy atom. The zero-order chi connectivity index (χ0) is 17.0. The Morgan fingerprint density at radius 1 is 1.39 bits per heavy atom. The van der Waals surface area contributed by atoms with Gasteiger partial charge in [-0.3, -0.25) is 4.79 Å². The topological polar surface area (TPSA) is 84.2 Å². The number of benzene rings is 1. The predicted molar refractivity (Wildman–Crippen MR) is 86.9 cm³/mol. The van der Waals surface area contributed by atoms with E-state index < -0.39 is 17.9 Å². The minimum Gasteiger partial charge on any atom is -0.480 e. The second kappa shape index (κ2) is 7.28. The average molecular weight is 336 g/mol. The average Bonchev–Trinajstić information content (AvgIpc) is 2.95. The van der Waals surface area contributed by atoms with Gasteiger partial charge in [-0.1, -0.05) is 31.5 Å². The molecule has 1 amide bonds. The van der Waals surface area contributed by atoms with Crippen molar-refractivity contribution in [2.45, 2.75) is 26.3 Å². The number of carbonyl (C=O) groups excluding carboxylic acids is 1. The number of carboxylic acids is 1. The summed E-state index contributed by atoms with van der Waals surface area (Å²) >= 11 is 5.93. The Morgan fingerprint density at radius 3 is 2.74 bits per heavy atom. The summed E-state index contributed by atoms with van der Waals surface area (Å²) in [5.41, 5.74) is 1.01. The zero-order valence-corrected chi connectivity index (χ0v) is 13.6. The van der Waals surface area contributed by atoms with Gasteiger partial charge in [0.25, 0.3) is 5.91 Å². The summed E-state index contributed by atoms with van der Waals surface area (Å²) in [6.45, 7) is 3.80. The van der Waals surface area contributed by atoms with Crippen LogP contribution < -0.4 is 5.32 Å². The summed E-state index contributed by atoms with van der Waals surface area (Å²) in [4.78, 5) is 23.4. The number of carbonyl (C=O) groups is 2. The number of hydrogen-bond acceptors (Lipinski definition) is 3. The van der Waals surface area contributed by atoms with Gasteiger partial charge in [0.2, 0.25) is 0 Å². The molecule has 0 saturated heterocycles. The lowest BCUT2D eigenvalue weighted by molar-refractivity contribution is -0.139. The summed E-state index contributed by atoms with van der Waals surface area (Å²) in [7, 11) is 0. The SMILES string of the molecule is CC(C)C[C@H](NC(=O)c1cnn(-c2cccc(Cl)c2)c1)C(=O)O. The third kappa shape index (κ3) is 4.56. The van der Waals surface area contributed by atoms with Crippen molar-refractivity contribution in [3.8, 4) is 5.69 Å². The van der Waals surface area contributed by atoms with Crippen molar-refractivity contribution in [1.29, 1.82) is 0 Å². The highest BCUT2D eigenvalue weighted by Gasteiger charge is 2.22. The van der Waals surface area contributed by atoms with Gasteiger partial charge in [0.15, 0.2) is 0 Å². The van der Waals surface area contributed by atoms with Gasteiger partial charge in [-0.2, -0.15) is 5.10 Å². The van der Waals surface area contributed by atoms with E-state index >= 15 is 0 Å². The molecule has 0 unspecified atom stereocenters. The maximum atomic E-state index is 12.2. The quantitative estimate of drug-likeness (QED) is 0.850. The lowest BCUT2D eigenvalue weighted by Crippen LogP contribution is -2.41. The Bertz CT molecular complexity index is 712. The van der Waals surface area contributed by atoms with E-state index in [0.29, 0.717) is 22.7 Å². The number of halogens is 1. The van der Waals surface area contributed by atoms with E-state index in [-0.39, 0.29) is 5.92 Å². The summed E-state index contributed by atoms with van der Waals surface area (Å²) in [6, 6.07) is 6.12. The number of aromatic nitrogens is 2. The fourth-order valence-corrected chi connectivity index (χ4v) is 2.32. The fraction of sp³-hybridized carbons (Fsp3) is 0.312. The fourth-order valence-electron chi connectivity index (χ4n) is 2.13. The second-order valence-corrected chi connectivity index (χ2v) is 6.08. The van der Waals surface area contributed by atoms with E-state index in [1.807, 2.05) is 13.8 Å². The monoisotopic (exact) mass is 335 g/mol. The Balaban J connectivity index is 2.13. The summed E-state index contributed by atoms with van der Waals surface area (Å²) in [5, 5.41) is 16.4. The molecule has 0 radical (unpaired) electrons. The van der Waals surface area contributed by atoms with Crippen LogP contribution in [0, 0.1) is 5.92 Å². The normalized spacial score (nSPS) is 12.2. The molecular formula is C16H18ClN3O3. The van der Waals surface area contributed by atoms with E-state index in [1.54, 1.807) is 24.3 Å². The van der Waals surface area contributed by atoms with Crippen LogP contribution in [0.15, 0.2) is 36.7 Å². The molecule has 1 heterocycles. The van der Waals surface area contributed by atoms with Crippen molar-refractivity contribution in [1.82, 2.24) is 15.1 Å². The van der Waals surface area contributed by atoms with Crippen LogP contribution in [-0.2, 0) is 4.79 Å². The Hall–Kier alpha value is -2.34. The van der Waals surface area contributed by atoms with E-state index in [4.69, 9.17) is 11.6 Å². The molecule has 7 heteroatoms. The van der Waals surface area contributed by atoms with Gasteiger partial charge in [0.05, 0.1) is 17.4 Å². The smallest absolute Gasteiger partial charge is 0.326 e. The third-order valence-electron chi connectivity index (χ3n) is 3.23. The number of amides is 1. The molecule has 6 nitrogen and oxygen atoms in total. The first kappa shape index (κ1) is 17.0. The van der Waals surface area contributed by atoms with Crippen LogP contribution in [0.3, 0.4) is 0 Å². The minimum absolute atomic E-state index is 0.158. The summed E-state index contributed by atoms with van der Waals surface area (Å²) < 4.78 is 1.51. The van der Waals surface area contributed by atoms with Crippen LogP contribution >= 0.6 is 11.6 Å². The molecule has 2 N–H and O–H groups in total. The first-order chi connectivity index (χ1) is 10.9. The number of hydrogen-bond donors (Lipinski definition) is 2. The zero-order valence-electron chi connectivity index (χ0n) is 12.9. The second-order valence-electron chi connectivity index (χ2n) is 5.65. The van der Waals surface area contributed by atoms with Gasteiger partial charge in [-0.25, -0.2) is 9.48 Å². The van der Waals surface area contributed by atoms with Crippen LogP contribution in [0.1, 0.15) is 30.6 Å². The van der Waals surface area contributed by atoms with Crippen molar-refractivity contribution in [2.75, 3.05) is 0 Å². The van der Waals surface area contributed by atoms with Gasteiger partial charge in [0.1, 0.15) is 6.04 Å². The lowest BCUT2D eigenvalue weighted by Gasteiger charge is -2.15. The highest BCUT2D eigenvalue weighted by atomic mass is 35.5. The molecule has 0 aliphatic carbocycles. The number of aliphatic carboxylic acids is 1. The van der Waals surface area contributed by atoms with Crippen molar-refractivity contribution >= 4 is 23.5 Å². The molecule has 1 atom stereocenters. The van der Waals surface area contributed by atoms with E-state index in [2.05, 4.69) is 10.4 Å². The van der Waals surface area contributed by atoms with Crippen LogP contribution in [-0.4, -0.2) is 32.8 Å². The Labute approximate surface area is 139 Å². The predicted octanol–water partition coefficient (Wildman–Crippen LogP) is 2.75. The highest BCUT2D eigenvalue weighted by molar-refractivity contribution is 6.30. The van der Waals surface area contributed by atoms with Crippen LogP contribution in [0.2, 0.25) is 5.02 Å². The number of rotatable bonds is 6. The van der Waals surface area contributed by atoms with Crippen LogP contribution in [0.5, 0.6) is 0 Å². The summed E-state index contributed by atoms with van der Waals surface area (Å²) in [5.74, 6) is -1.36. The molecular weight excluding hydrogens is 318 g/mol. The van der Waals surface area contributed by atoms with Gasteiger partial charge in [-0.15, -0.1) is 0 Å². The first-order valence-corrected chi connectivity index (χ1v) is 7.59. The maximum absolute atomic E-state index is 12.2. The molecule has 0 spiro atoms. The van der Waals surface area contributed by atoms with Gasteiger partial charge < -0.3 is 10.4 Å². The molecule has 2 rings (SSSR count).